The minimum absolute atomic E-state index is 0.0633. The van der Waals surface area contributed by atoms with Crippen LogP contribution in [0.25, 0.3) is 0 Å². The Hall–Kier alpha value is -1.78. The molecule has 0 spiro atoms. The molecule has 1 aliphatic rings. The number of rotatable bonds is 2. The van der Waals surface area contributed by atoms with Gasteiger partial charge in [-0.2, -0.15) is 0 Å². The van der Waals surface area contributed by atoms with Gasteiger partial charge >= 0.3 is 0 Å². The van der Waals surface area contributed by atoms with E-state index in [0.29, 0.717) is 5.69 Å². The van der Waals surface area contributed by atoms with Crippen molar-refractivity contribution in [2.75, 3.05) is 23.7 Å². The molecule has 1 aromatic carbocycles. The van der Waals surface area contributed by atoms with Crippen molar-refractivity contribution in [1.29, 1.82) is 0 Å². The second kappa shape index (κ2) is 4.48. The van der Waals surface area contributed by atoms with Crippen molar-refractivity contribution >= 4 is 17.1 Å². The zero-order valence-corrected chi connectivity index (χ0v) is 10.8. The quantitative estimate of drug-likeness (QED) is 0.497. The molecule has 5 nitrogen and oxygen atoms in total. The molecule has 0 saturated carbocycles. The fourth-order valence-corrected chi connectivity index (χ4v) is 2.55. The van der Waals surface area contributed by atoms with Crippen molar-refractivity contribution in [3.05, 3.63) is 28.3 Å². The topological polar surface area (TPSA) is 72.4 Å². The lowest BCUT2D eigenvalue weighted by molar-refractivity contribution is -0.384. The predicted octanol–water partition coefficient (Wildman–Crippen LogP) is 2.80. The molecule has 0 aromatic heterocycles. The second-order valence-corrected chi connectivity index (χ2v) is 5.73. The number of nitrogens with zero attached hydrogens (tertiary/aromatic N) is 2. The third-order valence-corrected chi connectivity index (χ3v) is 3.40. The zero-order chi connectivity index (χ0) is 13.3. The predicted molar refractivity (Wildman–Crippen MR) is 72.7 cm³/mol. The van der Waals surface area contributed by atoms with Gasteiger partial charge in [0.25, 0.3) is 5.69 Å². The molecular formula is C13H19N3O2. The summed E-state index contributed by atoms with van der Waals surface area (Å²) in [5, 5.41) is 10.8. The average molecular weight is 249 g/mol. The minimum atomic E-state index is -0.394. The number of hydrogen-bond acceptors (Lipinski definition) is 4. The molecule has 0 unspecified atom stereocenters. The van der Waals surface area contributed by atoms with E-state index in [1.807, 2.05) is 6.07 Å². The van der Waals surface area contributed by atoms with Crippen LogP contribution in [0.4, 0.5) is 17.1 Å². The highest BCUT2D eigenvalue weighted by Crippen LogP contribution is 2.33. The fraction of sp³-hybridized carbons (Fsp3) is 0.538. The minimum Gasteiger partial charge on any atom is -0.398 e. The maximum absolute atomic E-state index is 10.8. The van der Waals surface area contributed by atoms with Crippen LogP contribution < -0.4 is 10.6 Å². The van der Waals surface area contributed by atoms with Gasteiger partial charge in [-0.15, -0.1) is 0 Å². The van der Waals surface area contributed by atoms with Crippen LogP contribution in [0.2, 0.25) is 0 Å². The Bertz CT molecular complexity index is 471. The molecule has 5 heteroatoms. The molecule has 0 bridgehead atoms. The van der Waals surface area contributed by atoms with E-state index < -0.39 is 4.92 Å². The Morgan fingerprint density at radius 2 is 2.11 bits per heavy atom. The molecule has 0 radical (unpaired) electrons. The number of nitro groups is 1. The average Bonchev–Trinajstić information content (AvgIpc) is 2.26. The maximum atomic E-state index is 10.8. The third kappa shape index (κ3) is 2.72. The fourth-order valence-electron chi connectivity index (χ4n) is 2.55. The smallest absolute Gasteiger partial charge is 0.273 e. The number of hydrogen-bond donors (Lipinski definition) is 1. The normalized spacial score (nSPS) is 18.7. The molecule has 1 saturated heterocycles. The van der Waals surface area contributed by atoms with Crippen molar-refractivity contribution in [1.82, 2.24) is 0 Å². The number of anilines is 2. The standard InChI is InChI=1S/C13H19N3O2/c1-13(2)4-3-5-15(9-13)11-6-10(14)7-12(8-11)16(17)18/h6-8H,3-5,9,14H2,1-2H3. The Labute approximate surface area is 107 Å². The van der Waals surface area contributed by atoms with Crippen LogP contribution in [0.15, 0.2) is 18.2 Å². The molecule has 18 heavy (non-hydrogen) atoms. The highest BCUT2D eigenvalue weighted by Gasteiger charge is 2.27. The summed E-state index contributed by atoms with van der Waals surface area (Å²) in [6.45, 7) is 6.29. The monoisotopic (exact) mass is 249 g/mol. The third-order valence-electron chi connectivity index (χ3n) is 3.40. The van der Waals surface area contributed by atoms with E-state index in [1.165, 1.54) is 12.5 Å². The molecule has 0 aliphatic carbocycles. The van der Waals surface area contributed by atoms with Gasteiger partial charge in [-0.1, -0.05) is 13.8 Å². The van der Waals surface area contributed by atoms with E-state index in [1.54, 1.807) is 6.07 Å². The molecule has 2 N–H and O–H groups in total. The van der Waals surface area contributed by atoms with Gasteiger partial charge in [-0.3, -0.25) is 10.1 Å². The Kier molecular flexibility index (Phi) is 3.15. The lowest BCUT2D eigenvalue weighted by atomic mass is 9.84. The van der Waals surface area contributed by atoms with E-state index in [0.717, 1.165) is 25.2 Å². The van der Waals surface area contributed by atoms with Crippen LogP contribution in [0.3, 0.4) is 0 Å². The molecule has 0 atom stereocenters. The number of nitro benzene ring substituents is 1. The van der Waals surface area contributed by atoms with Crippen LogP contribution in [0.5, 0.6) is 0 Å². The molecule has 1 aromatic rings. The Balaban J connectivity index is 2.30. The van der Waals surface area contributed by atoms with Crippen LogP contribution in [-0.2, 0) is 0 Å². The molecule has 2 rings (SSSR count). The SMILES string of the molecule is CC1(C)CCCN(c2cc(N)cc([N+](=O)[O-])c2)C1. The highest BCUT2D eigenvalue weighted by molar-refractivity contribution is 5.63. The first-order valence-corrected chi connectivity index (χ1v) is 6.17. The Morgan fingerprint density at radius 3 is 2.72 bits per heavy atom. The van der Waals surface area contributed by atoms with E-state index in [9.17, 15) is 10.1 Å². The molecule has 98 valence electrons. The number of benzene rings is 1. The van der Waals surface area contributed by atoms with Gasteiger partial charge in [0, 0.05) is 36.6 Å². The highest BCUT2D eigenvalue weighted by atomic mass is 16.6. The van der Waals surface area contributed by atoms with Gasteiger partial charge in [0.1, 0.15) is 0 Å². The maximum Gasteiger partial charge on any atom is 0.273 e. The van der Waals surface area contributed by atoms with E-state index in [4.69, 9.17) is 5.73 Å². The summed E-state index contributed by atoms with van der Waals surface area (Å²) in [5.74, 6) is 0. The molecule has 1 aliphatic heterocycles. The Morgan fingerprint density at radius 1 is 1.39 bits per heavy atom. The summed E-state index contributed by atoms with van der Waals surface area (Å²) in [6, 6.07) is 4.82. The lowest BCUT2D eigenvalue weighted by Crippen LogP contribution is -2.40. The summed E-state index contributed by atoms with van der Waals surface area (Å²) in [7, 11) is 0. The first-order chi connectivity index (χ1) is 8.37. The van der Waals surface area contributed by atoms with E-state index in [2.05, 4.69) is 18.7 Å². The van der Waals surface area contributed by atoms with Crippen LogP contribution in [0.1, 0.15) is 26.7 Å². The lowest BCUT2D eigenvalue weighted by Gasteiger charge is -2.39. The van der Waals surface area contributed by atoms with Crippen molar-refractivity contribution < 1.29 is 4.92 Å². The van der Waals surface area contributed by atoms with Crippen molar-refractivity contribution in [2.24, 2.45) is 5.41 Å². The van der Waals surface area contributed by atoms with E-state index in [-0.39, 0.29) is 11.1 Å². The summed E-state index contributed by atoms with van der Waals surface area (Å²) in [6.07, 6.45) is 2.30. The second-order valence-electron chi connectivity index (χ2n) is 5.73. The van der Waals surface area contributed by atoms with E-state index >= 15 is 0 Å². The number of nitrogen functional groups attached to an aromatic ring is 1. The van der Waals surface area contributed by atoms with Gasteiger partial charge in [0.05, 0.1) is 4.92 Å². The number of piperidine rings is 1. The largest absolute Gasteiger partial charge is 0.398 e. The summed E-state index contributed by atoms with van der Waals surface area (Å²) in [5.41, 5.74) is 7.35. The molecule has 1 fully saturated rings. The molecule has 0 amide bonds. The van der Waals surface area contributed by atoms with Crippen molar-refractivity contribution in [3.8, 4) is 0 Å². The number of non-ortho nitro benzene ring substituents is 1. The molecular weight excluding hydrogens is 230 g/mol. The van der Waals surface area contributed by atoms with Gasteiger partial charge in [0.15, 0.2) is 0 Å². The zero-order valence-electron chi connectivity index (χ0n) is 10.8. The van der Waals surface area contributed by atoms with Crippen LogP contribution in [0, 0.1) is 15.5 Å². The summed E-state index contributed by atoms with van der Waals surface area (Å²) < 4.78 is 0. The summed E-state index contributed by atoms with van der Waals surface area (Å²) >= 11 is 0. The van der Waals surface area contributed by atoms with Crippen molar-refractivity contribution in [3.63, 3.8) is 0 Å². The van der Waals surface area contributed by atoms with Gasteiger partial charge in [-0.05, 0) is 24.3 Å². The van der Waals surface area contributed by atoms with Crippen molar-refractivity contribution in [2.45, 2.75) is 26.7 Å². The van der Waals surface area contributed by atoms with Gasteiger partial charge < -0.3 is 10.6 Å². The van der Waals surface area contributed by atoms with Crippen LogP contribution >= 0.6 is 0 Å². The summed E-state index contributed by atoms with van der Waals surface area (Å²) in [4.78, 5) is 12.6. The molecule has 1 heterocycles. The first-order valence-electron chi connectivity index (χ1n) is 6.17. The number of nitrogens with two attached hydrogens (primary N) is 1. The van der Waals surface area contributed by atoms with Gasteiger partial charge in [-0.25, -0.2) is 0 Å². The van der Waals surface area contributed by atoms with Gasteiger partial charge in [0.2, 0.25) is 0 Å². The van der Waals surface area contributed by atoms with Crippen LogP contribution in [-0.4, -0.2) is 18.0 Å². The first kappa shape index (κ1) is 12.7.